The highest BCUT2D eigenvalue weighted by Gasteiger charge is 2.22. The highest BCUT2D eigenvalue weighted by atomic mass is 35.5. The number of benzene rings is 1. The maximum atomic E-state index is 5.52. The molecule has 1 aromatic carbocycles. The van der Waals surface area contributed by atoms with Crippen LogP contribution in [-0.2, 0) is 0 Å². The Morgan fingerprint density at radius 1 is 1.26 bits per heavy atom. The van der Waals surface area contributed by atoms with Gasteiger partial charge in [0.25, 0.3) is 0 Å². The Hall–Kier alpha value is -1.79. The van der Waals surface area contributed by atoms with E-state index in [0.29, 0.717) is 24.1 Å². The molecule has 0 unspecified atom stereocenters. The van der Waals surface area contributed by atoms with E-state index in [9.17, 15) is 0 Å². The number of nitrogens with zero attached hydrogens (tertiary/aromatic N) is 2. The lowest BCUT2D eigenvalue weighted by Gasteiger charge is -2.18. The molecule has 0 aliphatic carbocycles. The van der Waals surface area contributed by atoms with Gasteiger partial charge >= 0.3 is 0 Å². The number of rotatable bonds is 5. The van der Waals surface area contributed by atoms with E-state index >= 15 is 0 Å². The van der Waals surface area contributed by atoms with Crippen LogP contribution in [0.4, 0.5) is 0 Å². The number of ether oxygens (including phenoxy) is 2. The topological polar surface area (TPSA) is 69.4 Å². The second kappa shape index (κ2) is 8.17. The fourth-order valence-corrected chi connectivity index (χ4v) is 2.67. The summed E-state index contributed by atoms with van der Waals surface area (Å²) in [5, 5.41) is 7.45. The summed E-state index contributed by atoms with van der Waals surface area (Å²) in [6, 6.07) is 5.67. The molecule has 7 heteroatoms. The first kappa shape index (κ1) is 17.6. The highest BCUT2D eigenvalue weighted by molar-refractivity contribution is 5.85. The van der Waals surface area contributed by atoms with E-state index in [-0.39, 0.29) is 12.4 Å². The summed E-state index contributed by atoms with van der Waals surface area (Å²) in [6.07, 6.45) is 2.07. The summed E-state index contributed by atoms with van der Waals surface area (Å²) < 4.78 is 16.3. The van der Waals surface area contributed by atoms with Gasteiger partial charge in [-0.05, 0) is 51.1 Å². The van der Waals surface area contributed by atoms with Crippen molar-refractivity contribution in [1.29, 1.82) is 0 Å². The molecular formula is C16H22ClN3O3. The molecule has 2 aromatic rings. The van der Waals surface area contributed by atoms with Crippen LogP contribution < -0.4 is 14.8 Å². The molecule has 0 atom stereocenters. The van der Waals surface area contributed by atoms with Crippen LogP contribution >= 0.6 is 12.4 Å². The number of hydrogen-bond donors (Lipinski definition) is 1. The van der Waals surface area contributed by atoms with Gasteiger partial charge in [-0.2, -0.15) is 4.98 Å². The van der Waals surface area contributed by atoms with Gasteiger partial charge in [0, 0.05) is 11.5 Å². The van der Waals surface area contributed by atoms with Crippen molar-refractivity contribution in [3.05, 3.63) is 24.1 Å². The quantitative estimate of drug-likeness (QED) is 0.903. The van der Waals surface area contributed by atoms with Gasteiger partial charge in [0.05, 0.1) is 13.7 Å². The summed E-state index contributed by atoms with van der Waals surface area (Å²) in [6.45, 7) is 4.54. The molecule has 1 saturated heterocycles. The molecule has 0 radical (unpaired) electrons. The smallest absolute Gasteiger partial charge is 0.230 e. The Morgan fingerprint density at radius 3 is 2.74 bits per heavy atom. The number of methoxy groups -OCH3 is 1. The van der Waals surface area contributed by atoms with E-state index in [1.807, 2.05) is 25.1 Å². The van der Waals surface area contributed by atoms with Crippen molar-refractivity contribution in [1.82, 2.24) is 15.5 Å². The average molecular weight is 340 g/mol. The first-order chi connectivity index (χ1) is 10.8. The molecule has 0 saturated carbocycles. The largest absolute Gasteiger partial charge is 0.493 e. The van der Waals surface area contributed by atoms with Gasteiger partial charge < -0.3 is 19.3 Å². The molecule has 1 aliphatic heterocycles. The van der Waals surface area contributed by atoms with Crippen LogP contribution in [0.5, 0.6) is 11.5 Å². The van der Waals surface area contributed by atoms with Crippen LogP contribution in [0.3, 0.4) is 0 Å². The fraction of sp³-hybridized carbons (Fsp3) is 0.500. The molecule has 0 amide bonds. The molecule has 1 aromatic heterocycles. The van der Waals surface area contributed by atoms with E-state index in [1.54, 1.807) is 7.11 Å². The number of halogens is 1. The molecular weight excluding hydrogens is 318 g/mol. The summed E-state index contributed by atoms with van der Waals surface area (Å²) in [5.74, 6) is 3.06. The van der Waals surface area contributed by atoms with Gasteiger partial charge in [0.15, 0.2) is 11.5 Å². The van der Waals surface area contributed by atoms with E-state index in [0.717, 1.165) is 43.1 Å². The minimum atomic E-state index is 0. The second-order valence-corrected chi connectivity index (χ2v) is 5.28. The van der Waals surface area contributed by atoms with Crippen LogP contribution in [0, 0.1) is 0 Å². The Balaban J connectivity index is 0.00000192. The van der Waals surface area contributed by atoms with Crippen molar-refractivity contribution in [2.75, 3.05) is 26.8 Å². The lowest BCUT2D eigenvalue weighted by molar-refractivity contribution is 0.311. The lowest BCUT2D eigenvalue weighted by Crippen LogP contribution is -2.26. The van der Waals surface area contributed by atoms with Crippen LogP contribution in [0.15, 0.2) is 22.7 Å². The van der Waals surface area contributed by atoms with Crippen molar-refractivity contribution in [2.24, 2.45) is 0 Å². The monoisotopic (exact) mass is 339 g/mol. The van der Waals surface area contributed by atoms with Crippen LogP contribution in [0.25, 0.3) is 11.4 Å². The molecule has 0 bridgehead atoms. The molecule has 0 spiro atoms. The molecule has 1 aliphatic rings. The third-order valence-corrected chi connectivity index (χ3v) is 3.85. The molecule has 126 valence electrons. The van der Waals surface area contributed by atoms with Crippen molar-refractivity contribution < 1.29 is 14.0 Å². The summed E-state index contributed by atoms with van der Waals surface area (Å²) in [7, 11) is 1.62. The van der Waals surface area contributed by atoms with E-state index in [2.05, 4.69) is 15.5 Å². The number of piperidine rings is 1. The fourth-order valence-electron chi connectivity index (χ4n) is 2.67. The van der Waals surface area contributed by atoms with Gasteiger partial charge in [-0.3, -0.25) is 0 Å². The van der Waals surface area contributed by atoms with E-state index in [1.165, 1.54) is 0 Å². The second-order valence-electron chi connectivity index (χ2n) is 5.28. The van der Waals surface area contributed by atoms with Crippen molar-refractivity contribution in [3.63, 3.8) is 0 Å². The lowest BCUT2D eigenvalue weighted by atomic mass is 9.98. The zero-order chi connectivity index (χ0) is 15.4. The molecule has 3 rings (SSSR count). The summed E-state index contributed by atoms with van der Waals surface area (Å²) >= 11 is 0. The van der Waals surface area contributed by atoms with Gasteiger partial charge in [-0.25, -0.2) is 0 Å². The third kappa shape index (κ3) is 3.95. The van der Waals surface area contributed by atoms with Gasteiger partial charge in [-0.1, -0.05) is 5.16 Å². The van der Waals surface area contributed by atoms with Gasteiger partial charge in [-0.15, -0.1) is 12.4 Å². The Morgan fingerprint density at radius 2 is 2.04 bits per heavy atom. The minimum Gasteiger partial charge on any atom is -0.493 e. The Kier molecular flexibility index (Phi) is 6.24. The summed E-state index contributed by atoms with van der Waals surface area (Å²) in [4.78, 5) is 4.55. The molecule has 1 N–H and O–H groups in total. The van der Waals surface area contributed by atoms with E-state index < -0.39 is 0 Å². The van der Waals surface area contributed by atoms with Crippen LogP contribution in [0.2, 0.25) is 0 Å². The zero-order valence-electron chi connectivity index (χ0n) is 13.4. The number of hydrogen-bond acceptors (Lipinski definition) is 6. The first-order valence-corrected chi connectivity index (χ1v) is 7.67. The molecule has 6 nitrogen and oxygen atoms in total. The van der Waals surface area contributed by atoms with Crippen molar-refractivity contribution >= 4 is 12.4 Å². The van der Waals surface area contributed by atoms with Gasteiger partial charge in [0.1, 0.15) is 0 Å². The zero-order valence-corrected chi connectivity index (χ0v) is 14.2. The Bertz CT molecular complexity index is 627. The normalized spacial score (nSPS) is 15.0. The maximum absolute atomic E-state index is 5.52. The predicted octanol–water partition coefficient (Wildman–Crippen LogP) is 3.03. The van der Waals surface area contributed by atoms with Crippen LogP contribution in [0.1, 0.15) is 31.6 Å². The van der Waals surface area contributed by atoms with E-state index in [4.69, 9.17) is 14.0 Å². The number of aromatic nitrogens is 2. The minimum absolute atomic E-state index is 0. The van der Waals surface area contributed by atoms with Crippen molar-refractivity contribution in [3.8, 4) is 22.9 Å². The van der Waals surface area contributed by atoms with Gasteiger partial charge in [0.2, 0.25) is 11.7 Å². The average Bonchev–Trinajstić information content (AvgIpc) is 3.06. The standard InChI is InChI=1S/C16H21N3O3.ClH/c1-3-21-13-5-4-12(10-14(13)20-2)15-18-16(22-19-15)11-6-8-17-9-7-11;/h4-5,10-11,17H,3,6-9H2,1-2H3;1H. The molecule has 23 heavy (non-hydrogen) atoms. The van der Waals surface area contributed by atoms with Crippen molar-refractivity contribution in [2.45, 2.75) is 25.7 Å². The molecule has 2 heterocycles. The SMILES string of the molecule is CCOc1ccc(-c2noc(C3CCNCC3)n2)cc1OC.Cl. The Labute approximate surface area is 142 Å². The summed E-state index contributed by atoms with van der Waals surface area (Å²) in [5.41, 5.74) is 0.865. The maximum Gasteiger partial charge on any atom is 0.230 e. The third-order valence-electron chi connectivity index (χ3n) is 3.85. The van der Waals surface area contributed by atoms with Crippen LogP contribution in [-0.4, -0.2) is 36.9 Å². The molecule has 1 fully saturated rings. The highest BCUT2D eigenvalue weighted by Crippen LogP contribution is 2.32. The predicted molar refractivity (Wildman–Crippen MR) is 89.5 cm³/mol. The first-order valence-electron chi connectivity index (χ1n) is 7.67. The number of nitrogens with one attached hydrogen (secondary N) is 1.